The van der Waals surface area contributed by atoms with Crippen molar-refractivity contribution in [2.45, 2.75) is 42.8 Å². The molecule has 49 heavy (non-hydrogen) atoms. The van der Waals surface area contributed by atoms with Gasteiger partial charge in [-0.3, -0.25) is 9.59 Å². The second-order valence-corrected chi connectivity index (χ2v) is 15.8. The van der Waals surface area contributed by atoms with Gasteiger partial charge >= 0.3 is 0 Å². The van der Waals surface area contributed by atoms with Gasteiger partial charge in [-0.15, -0.1) is 0 Å². The average Bonchev–Trinajstić information content (AvgIpc) is 3.28. The number of hydrogen-bond donors (Lipinski definition) is 4. The van der Waals surface area contributed by atoms with Crippen molar-refractivity contribution in [1.29, 1.82) is 0 Å². The average molecular weight is 771 g/mol. The third kappa shape index (κ3) is 9.24. The van der Waals surface area contributed by atoms with Crippen molar-refractivity contribution in [3.05, 3.63) is 87.2 Å². The Morgan fingerprint density at radius 1 is 0.755 bits per heavy atom. The van der Waals surface area contributed by atoms with Crippen LogP contribution >= 0.6 is 34.8 Å². The van der Waals surface area contributed by atoms with Gasteiger partial charge in [0, 0.05) is 12.1 Å². The van der Waals surface area contributed by atoms with Crippen LogP contribution in [0.15, 0.2) is 70.7 Å². The lowest BCUT2D eigenvalue weighted by molar-refractivity contribution is 0.0972. The van der Waals surface area contributed by atoms with Crippen LogP contribution in [0.1, 0.15) is 47.9 Å². The molecule has 0 aliphatic carbocycles. The van der Waals surface area contributed by atoms with Crippen molar-refractivity contribution in [2.75, 3.05) is 22.9 Å². The fourth-order valence-electron chi connectivity index (χ4n) is 4.97. The summed E-state index contributed by atoms with van der Waals surface area (Å²) in [5, 5.41) is -0.622. The van der Waals surface area contributed by atoms with E-state index in [0.29, 0.717) is 18.3 Å². The predicted octanol–water partition coefficient (Wildman–Crippen LogP) is 3.94. The lowest BCUT2D eigenvalue weighted by atomic mass is 9.97. The first kappa shape index (κ1) is 37.5. The number of anilines is 3. The third-order valence-electron chi connectivity index (χ3n) is 6.97. The molecule has 1 unspecified atom stereocenters. The number of halogens is 3. The quantitative estimate of drug-likeness (QED) is 0.195. The monoisotopic (exact) mass is 769 g/mol. The minimum absolute atomic E-state index is 0.0107. The van der Waals surface area contributed by atoms with Crippen LogP contribution in [0.5, 0.6) is 0 Å². The molecular formula is C29H30Cl3N9O6S2. The maximum atomic E-state index is 12.8. The first-order chi connectivity index (χ1) is 22.8. The number of sulfonamides is 2. The molecule has 4 aromatic rings. The van der Waals surface area contributed by atoms with Gasteiger partial charge in [0.25, 0.3) is 31.9 Å². The molecule has 0 aromatic carbocycles. The molecule has 5 rings (SSSR count). The molecule has 6 N–H and O–H groups in total. The topological polar surface area (TPSA) is 233 Å². The molecular weight excluding hydrogens is 741 g/mol. The Morgan fingerprint density at radius 3 is 1.67 bits per heavy atom. The van der Waals surface area contributed by atoms with Crippen LogP contribution in [0, 0.1) is 5.92 Å². The smallest absolute Gasteiger partial charge is 0.281 e. The summed E-state index contributed by atoms with van der Waals surface area (Å²) in [6, 6.07) is 13.7. The number of pyridine rings is 4. The summed E-state index contributed by atoms with van der Waals surface area (Å²) < 4.78 is 53.0. The van der Waals surface area contributed by atoms with E-state index in [1.807, 2.05) is 28.2 Å². The Balaban J connectivity index is 0.000000230. The number of nitrogens with one attached hydrogen (secondary N) is 2. The van der Waals surface area contributed by atoms with E-state index in [-0.39, 0.29) is 53.8 Å². The van der Waals surface area contributed by atoms with Crippen LogP contribution in [0.2, 0.25) is 15.5 Å². The summed E-state index contributed by atoms with van der Waals surface area (Å²) in [7, 11) is -8.36. The van der Waals surface area contributed by atoms with Gasteiger partial charge in [0.1, 0.15) is 32.9 Å². The number of aromatic nitrogens is 4. The van der Waals surface area contributed by atoms with Crippen LogP contribution in [-0.4, -0.2) is 60.7 Å². The van der Waals surface area contributed by atoms with E-state index < -0.39 is 31.9 Å². The number of carbonyl (C=O) groups is 2. The molecule has 5 heterocycles. The van der Waals surface area contributed by atoms with Crippen LogP contribution in [0.3, 0.4) is 0 Å². The summed E-state index contributed by atoms with van der Waals surface area (Å²) in [5.41, 5.74) is 10.7. The van der Waals surface area contributed by atoms with Gasteiger partial charge < -0.3 is 16.4 Å². The van der Waals surface area contributed by atoms with Crippen LogP contribution in [-0.2, 0) is 20.0 Å². The van der Waals surface area contributed by atoms with Crippen LogP contribution < -0.4 is 25.8 Å². The first-order valence-electron chi connectivity index (χ1n) is 14.1. The van der Waals surface area contributed by atoms with Gasteiger partial charge in [-0.05, 0) is 74.7 Å². The van der Waals surface area contributed by atoms with Gasteiger partial charge in [-0.2, -0.15) is 16.8 Å². The standard InChI is InChI=1S/C18H22ClN5O3S.C11H8Cl2N4O3S/c1-11-9-18(2,3)24(10-11)16-12(7-8-13(19)21-16)17(25)23-28(26,27)15-6-4-5-14(20)22-15;12-7-5-4-6(10(13)15-7)11(18)17-21(19,20)9-3-1-2-8(14)16-9/h4-8,11H,9-10H2,1-3H3,(H2,20,22)(H,23,25);1-5H,(H2,14,16)(H,17,18). The molecule has 260 valence electrons. The Kier molecular flexibility index (Phi) is 11.2. The second-order valence-electron chi connectivity index (χ2n) is 11.4. The summed E-state index contributed by atoms with van der Waals surface area (Å²) >= 11 is 17.4. The number of hydrogen-bond acceptors (Lipinski definition) is 13. The summed E-state index contributed by atoms with van der Waals surface area (Å²) in [5.74, 6) is -0.956. The summed E-state index contributed by atoms with van der Waals surface area (Å²) in [4.78, 5) is 42.1. The summed E-state index contributed by atoms with van der Waals surface area (Å²) in [6.07, 6.45) is 0.910. The number of rotatable bonds is 7. The molecule has 2 amide bonds. The van der Waals surface area contributed by atoms with E-state index in [1.54, 1.807) is 0 Å². The molecule has 0 bridgehead atoms. The van der Waals surface area contributed by atoms with Crippen molar-refractivity contribution in [2.24, 2.45) is 5.92 Å². The highest BCUT2D eigenvalue weighted by molar-refractivity contribution is 7.90. The highest BCUT2D eigenvalue weighted by Crippen LogP contribution is 2.37. The zero-order valence-corrected chi connectivity index (χ0v) is 30.0. The Labute approximate surface area is 297 Å². The fraction of sp³-hybridized carbons (Fsp3) is 0.241. The van der Waals surface area contributed by atoms with Gasteiger partial charge in [-0.1, -0.05) is 53.9 Å². The largest absolute Gasteiger partial charge is 0.384 e. The van der Waals surface area contributed by atoms with Crippen molar-refractivity contribution >= 4 is 84.1 Å². The number of amides is 2. The Bertz CT molecular complexity index is 2140. The van der Waals surface area contributed by atoms with E-state index in [1.165, 1.54) is 60.7 Å². The lowest BCUT2D eigenvalue weighted by Gasteiger charge is -2.33. The van der Waals surface area contributed by atoms with Gasteiger partial charge in [0.15, 0.2) is 10.1 Å². The first-order valence-corrected chi connectivity index (χ1v) is 18.2. The van der Waals surface area contributed by atoms with Crippen LogP contribution in [0.4, 0.5) is 17.5 Å². The van der Waals surface area contributed by atoms with E-state index in [9.17, 15) is 26.4 Å². The van der Waals surface area contributed by atoms with E-state index in [4.69, 9.17) is 46.3 Å². The maximum absolute atomic E-state index is 12.8. The normalized spacial score (nSPS) is 15.6. The highest BCUT2D eigenvalue weighted by Gasteiger charge is 2.39. The molecule has 1 aliphatic heterocycles. The zero-order chi connectivity index (χ0) is 36.3. The van der Waals surface area contributed by atoms with Gasteiger partial charge in [0.2, 0.25) is 0 Å². The number of nitrogens with two attached hydrogens (primary N) is 2. The van der Waals surface area contributed by atoms with Gasteiger partial charge in [-0.25, -0.2) is 29.4 Å². The molecule has 1 atom stereocenters. The third-order valence-corrected chi connectivity index (χ3v) is 10.1. The minimum atomic E-state index is -4.19. The van der Waals surface area contributed by atoms with E-state index >= 15 is 0 Å². The molecule has 1 aliphatic rings. The highest BCUT2D eigenvalue weighted by atomic mass is 35.5. The second kappa shape index (κ2) is 14.7. The molecule has 0 spiro atoms. The molecule has 15 nitrogen and oxygen atoms in total. The van der Waals surface area contributed by atoms with Crippen LogP contribution in [0.25, 0.3) is 0 Å². The molecule has 20 heteroatoms. The molecule has 1 saturated heterocycles. The number of carbonyl (C=O) groups excluding carboxylic acids is 2. The SMILES string of the molecule is CC1CN(c2nc(Cl)ccc2C(=O)NS(=O)(=O)c2cccc(N)n2)C(C)(C)C1.Nc1cccc(S(=O)(=O)NC(=O)c2ccc(Cl)nc2Cl)n1. The molecule has 0 radical (unpaired) electrons. The fourth-order valence-corrected chi connectivity index (χ4v) is 7.43. The Morgan fingerprint density at radius 2 is 1.22 bits per heavy atom. The Hall–Kier alpha value is -4.29. The van der Waals surface area contributed by atoms with Crippen molar-refractivity contribution in [3.8, 4) is 0 Å². The maximum Gasteiger partial charge on any atom is 0.281 e. The lowest BCUT2D eigenvalue weighted by Crippen LogP contribution is -2.41. The molecule has 1 fully saturated rings. The zero-order valence-electron chi connectivity index (χ0n) is 26.1. The molecule has 0 saturated carbocycles. The predicted molar refractivity (Wildman–Crippen MR) is 185 cm³/mol. The minimum Gasteiger partial charge on any atom is -0.384 e. The number of nitrogen functional groups attached to an aromatic ring is 2. The van der Waals surface area contributed by atoms with Crippen molar-refractivity contribution < 1.29 is 26.4 Å². The van der Waals surface area contributed by atoms with E-state index in [0.717, 1.165) is 6.42 Å². The molecule has 4 aromatic heterocycles. The number of nitrogens with zero attached hydrogens (tertiary/aromatic N) is 5. The van der Waals surface area contributed by atoms with Crippen molar-refractivity contribution in [3.63, 3.8) is 0 Å². The van der Waals surface area contributed by atoms with E-state index in [2.05, 4.69) is 26.9 Å². The van der Waals surface area contributed by atoms with Gasteiger partial charge in [0.05, 0.1) is 11.1 Å². The van der Waals surface area contributed by atoms with Crippen molar-refractivity contribution in [1.82, 2.24) is 29.4 Å². The summed E-state index contributed by atoms with van der Waals surface area (Å²) in [6.45, 7) is 6.90.